The zero-order valence-electron chi connectivity index (χ0n) is 34.5. The summed E-state index contributed by atoms with van der Waals surface area (Å²) in [6.45, 7) is 31.2. The second kappa shape index (κ2) is 43.9. The number of hydrogen-bond acceptors (Lipinski definition) is 3. The van der Waals surface area contributed by atoms with E-state index in [2.05, 4.69) is 105 Å². The van der Waals surface area contributed by atoms with Crippen molar-refractivity contribution in [2.45, 2.75) is 180 Å². The fraction of sp³-hybridized carbons (Fsp3) is 0.767. The lowest BCUT2D eigenvalue weighted by Gasteiger charge is -2.14. The smallest absolute Gasteiger partial charge is 0.489 e. The van der Waals surface area contributed by atoms with Crippen molar-refractivity contribution in [1.29, 1.82) is 0 Å². The molecule has 1 aromatic rings. The van der Waals surface area contributed by atoms with Gasteiger partial charge in [0.05, 0.1) is 0 Å². The fourth-order valence-corrected chi connectivity index (χ4v) is 4.25. The van der Waals surface area contributed by atoms with Crippen molar-refractivity contribution < 1.29 is 22.6 Å². The van der Waals surface area contributed by atoms with Crippen molar-refractivity contribution in [2.75, 3.05) is 19.7 Å². The van der Waals surface area contributed by atoms with Crippen LogP contribution in [-0.2, 0) is 0 Å². The average Bonchev–Trinajstić information content (AvgIpc) is 3.08. The molecule has 0 saturated carbocycles. The minimum Gasteiger partial charge on any atom is -0.489 e. The minimum absolute atomic E-state index is 0.250. The van der Waals surface area contributed by atoms with Gasteiger partial charge in [-0.25, -0.2) is 0 Å². The van der Waals surface area contributed by atoms with Gasteiger partial charge >= 0.3 is 6.36 Å². The van der Waals surface area contributed by atoms with Gasteiger partial charge in [-0.1, -0.05) is 160 Å². The van der Waals surface area contributed by atoms with Gasteiger partial charge in [0.25, 0.3) is 0 Å². The van der Waals surface area contributed by atoms with Gasteiger partial charge in [0, 0.05) is 0 Å². The summed E-state index contributed by atoms with van der Waals surface area (Å²) in [6, 6.07) is 5.43. The number of rotatable bonds is 20. The summed E-state index contributed by atoms with van der Waals surface area (Å²) in [5.74, 6) is 2.57. The SMILES string of the molecule is C#C.CC.CCC/C=C(\COc1ccc(OC(F)(F)F)cc1)C(C)C.CCCC(C)CC.CCCCCC(C)CCC.CCCNCCC. The number of ether oxygens (including phenoxy) is 2. The standard InChI is InChI=1S/C16H21F3O2.C10H22.C7H16.C6H15N.C2H6.C2H2/c1-4-5-6-13(12(2)3)11-20-14-7-9-15(10-8-14)21-16(17,18)19;1-4-6-7-9-10(3)8-5-2;1-4-6-7(3)5-2;1-3-5-7-6-4-2;2*1-2/h6-10,12H,4-5,11H2,1-3H3;10H,4-9H2,1-3H3;7H,4-6H2,1-3H3;7H,3-6H2,1-2H3;1-2H3;1-2H/b13-6+;;;;;. The van der Waals surface area contributed by atoms with E-state index in [9.17, 15) is 13.2 Å². The number of alkyl halides is 3. The van der Waals surface area contributed by atoms with Crippen LogP contribution in [0.2, 0.25) is 0 Å². The number of benzene rings is 1. The molecular weight excluding hydrogens is 619 g/mol. The quantitative estimate of drug-likeness (QED) is 0.0834. The van der Waals surface area contributed by atoms with E-state index in [1.54, 1.807) is 0 Å². The second-order valence-electron chi connectivity index (χ2n) is 12.5. The molecule has 0 amide bonds. The van der Waals surface area contributed by atoms with Crippen LogP contribution in [0.5, 0.6) is 11.5 Å². The highest BCUT2D eigenvalue weighted by Crippen LogP contribution is 2.25. The predicted octanol–water partition coefficient (Wildman–Crippen LogP) is 14.9. The lowest BCUT2D eigenvalue weighted by Crippen LogP contribution is -2.17. The molecular formula is C43H82F3NO2. The number of halogens is 3. The summed E-state index contributed by atoms with van der Waals surface area (Å²) in [5, 5.41) is 3.28. The van der Waals surface area contributed by atoms with E-state index < -0.39 is 6.36 Å². The average molecular weight is 702 g/mol. The third-order valence-corrected chi connectivity index (χ3v) is 7.31. The van der Waals surface area contributed by atoms with Crippen molar-refractivity contribution in [3.8, 4) is 24.3 Å². The summed E-state index contributed by atoms with van der Waals surface area (Å²) in [7, 11) is 0. The fourth-order valence-electron chi connectivity index (χ4n) is 4.25. The molecule has 0 heterocycles. The Hall–Kier alpha value is -2.13. The maximum Gasteiger partial charge on any atom is 0.573 e. The highest BCUT2D eigenvalue weighted by Gasteiger charge is 2.31. The molecule has 0 saturated heterocycles. The van der Waals surface area contributed by atoms with Crippen LogP contribution in [-0.4, -0.2) is 26.1 Å². The molecule has 1 N–H and O–H groups in total. The monoisotopic (exact) mass is 702 g/mol. The van der Waals surface area contributed by atoms with Crippen LogP contribution in [0.15, 0.2) is 35.9 Å². The van der Waals surface area contributed by atoms with Gasteiger partial charge in [-0.05, 0) is 79.9 Å². The van der Waals surface area contributed by atoms with Crippen molar-refractivity contribution in [3.63, 3.8) is 0 Å². The Bertz CT molecular complexity index is 785. The lowest BCUT2D eigenvalue weighted by molar-refractivity contribution is -0.274. The van der Waals surface area contributed by atoms with E-state index in [0.29, 0.717) is 18.3 Å². The maximum atomic E-state index is 12.0. The Morgan fingerprint density at radius 1 is 0.694 bits per heavy atom. The molecule has 0 aromatic heterocycles. The van der Waals surface area contributed by atoms with Gasteiger partial charge in [0.2, 0.25) is 0 Å². The highest BCUT2D eigenvalue weighted by atomic mass is 19.4. The zero-order valence-corrected chi connectivity index (χ0v) is 34.5. The van der Waals surface area contributed by atoms with Crippen molar-refractivity contribution in [1.82, 2.24) is 5.32 Å². The molecule has 0 aliphatic carbocycles. The molecule has 2 atom stereocenters. The first-order valence-corrected chi connectivity index (χ1v) is 19.6. The molecule has 0 aliphatic rings. The maximum absolute atomic E-state index is 12.0. The summed E-state index contributed by atoms with van der Waals surface area (Å²) in [6.07, 6.45) is 22.6. The minimum atomic E-state index is -4.67. The van der Waals surface area contributed by atoms with Crippen molar-refractivity contribution >= 4 is 0 Å². The van der Waals surface area contributed by atoms with E-state index >= 15 is 0 Å². The van der Waals surface area contributed by atoms with Gasteiger partial charge in [-0.15, -0.1) is 26.0 Å². The first-order chi connectivity index (χ1) is 23.3. The van der Waals surface area contributed by atoms with E-state index in [-0.39, 0.29) is 5.75 Å². The number of allylic oxidation sites excluding steroid dienone is 1. The Morgan fingerprint density at radius 3 is 1.55 bits per heavy atom. The molecule has 0 spiro atoms. The van der Waals surface area contributed by atoms with Crippen LogP contribution in [0.1, 0.15) is 173 Å². The molecule has 49 heavy (non-hydrogen) atoms. The van der Waals surface area contributed by atoms with Crippen LogP contribution in [0.4, 0.5) is 13.2 Å². The molecule has 1 aromatic carbocycles. The van der Waals surface area contributed by atoms with Gasteiger partial charge in [0.15, 0.2) is 0 Å². The van der Waals surface area contributed by atoms with Crippen LogP contribution in [0.3, 0.4) is 0 Å². The number of terminal acetylenes is 1. The summed E-state index contributed by atoms with van der Waals surface area (Å²) in [4.78, 5) is 0. The van der Waals surface area contributed by atoms with Gasteiger partial charge < -0.3 is 14.8 Å². The summed E-state index contributed by atoms with van der Waals surface area (Å²) >= 11 is 0. The molecule has 2 unspecified atom stereocenters. The normalized spacial score (nSPS) is 11.7. The number of nitrogens with one attached hydrogen (secondary N) is 1. The molecule has 292 valence electrons. The lowest BCUT2D eigenvalue weighted by atomic mass is 9.99. The van der Waals surface area contributed by atoms with Crippen LogP contribution in [0.25, 0.3) is 0 Å². The highest BCUT2D eigenvalue weighted by molar-refractivity contribution is 5.31. The molecule has 0 fully saturated rings. The number of hydrogen-bond donors (Lipinski definition) is 1. The van der Waals surface area contributed by atoms with E-state index in [0.717, 1.165) is 24.7 Å². The van der Waals surface area contributed by atoms with Gasteiger partial charge in [-0.3, -0.25) is 0 Å². The van der Waals surface area contributed by atoms with Crippen LogP contribution >= 0.6 is 0 Å². The predicted molar refractivity (Wildman–Crippen MR) is 214 cm³/mol. The van der Waals surface area contributed by atoms with E-state index in [1.807, 2.05) is 13.8 Å². The first kappa shape index (κ1) is 56.3. The molecule has 3 nitrogen and oxygen atoms in total. The largest absolute Gasteiger partial charge is 0.573 e. The van der Waals surface area contributed by atoms with Gasteiger partial charge in [-0.2, -0.15) is 0 Å². The molecule has 6 heteroatoms. The van der Waals surface area contributed by atoms with Gasteiger partial charge in [0.1, 0.15) is 18.1 Å². The Labute approximate surface area is 305 Å². The summed E-state index contributed by atoms with van der Waals surface area (Å²) in [5.41, 5.74) is 1.19. The topological polar surface area (TPSA) is 30.5 Å². The Morgan fingerprint density at radius 2 is 1.18 bits per heavy atom. The molecule has 0 bridgehead atoms. The summed E-state index contributed by atoms with van der Waals surface area (Å²) < 4.78 is 45.5. The number of unbranched alkanes of at least 4 members (excludes halogenated alkanes) is 3. The third kappa shape index (κ3) is 48.0. The van der Waals surface area contributed by atoms with Crippen LogP contribution in [0, 0.1) is 30.6 Å². The second-order valence-corrected chi connectivity index (χ2v) is 12.5. The van der Waals surface area contributed by atoms with E-state index in [4.69, 9.17) is 4.74 Å². The van der Waals surface area contributed by atoms with E-state index in [1.165, 1.54) is 114 Å². The molecule has 0 radical (unpaired) electrons. The Balaban J connectivity index is -0.000000192. The Kier molecular flexibility index (Phi) is 50.4. The van der Waals surface area contributed by atoms with Crippen molar-refractivity contribution in [3.05, 3.63) is 35.9 Å². The first-order valence-electron chi connectivity index (χ1n) is 19.6. The third-order valence-electron chi connectivity index (χ3n) is 7.31. The van der Waals surface area contributed by atoms with Crippen molar-refractivity contribution in [2.24, 2.45) is 17.8 Å². The molecule has 1 rings (SSSR count). The van der Waals surface area contributed by atoms with Crippen LogP contribution < -0.4 is 14.8 Å². The molecule has 0 aliphatic heterocycles. The zero-order chi connectivity index (χ0) is 38.9.